The lowest BCUT2D eigenvalue weighted by molar-refractivity contribution is 0.644. The minimum Gasteiger partial charge on any atom is -0.387 e. The van der Waals surface area contributed by atoms with Crippen molar-refractivity contribution in [1.29, 1.82) is 0 Å². The topological polar surface area (TPSA) is 9.23 Å². The minimum absolute atomic E-state index is 2.00. The van der Waals surface area contributed by atoms with E-state index in [1.54, 1.807) is 0 Å². The molecular formula is C2H6Cl6OSi2. The summed E-state index contributed by atoms with van der Waals surface area (Å²) in [5.41, 5.74) is 0. The maximum Gasteiger partial charge on any atom is 0.485 e. The van der Waals surface area contributed by atoms with Crippen molar-refractivity contribution >= 4 is 79.0 Å². The Labute approximate surface area is 96.3 Å². The summed E-state index contributed by atoms with van der Waals surface area (Å²) in [4.78, 5) is 0. The van der Waals surface area contributed by atoms with Crippen molar-refractivity contribution < 1.29 is 4.12 Å². The van der Waals surface area contributed by atoms with E-state index >= 15 is 0 Å². The van der Waals surface area contributed by atoms with E-state index in [0.717, 1.165) is 0 Å². The molecule has 11 heavy (non-hydrogen) atoms. The van der Waals surface area contributed by atoms with E-state index in [0.29, 0.717) is 0 Å². The first-order valence-electron chi connectivity index (χ1n) is 2.54. The molecule has 0 aromatic rings. The summed E-state index contributed by atoms with van der Waals surface area (Å²) in [6, 6.07) is 0. The lowest BCUT2D eigenvalue weighted by atomic mass is 11.0. The van der Waals surface area contributed by atoms with Crippen LogP contribution in [0.2, 0.25) is 0 Å². The molecule has 0 saturated carbocycles. The number of hydrogen-bond donors (Lipinski definition) is 0. The highest BCUT2D eigenvalue weighted by Gasteiger charge is 2.41. The quantitative estimate of drug-likeness (QED) is 0.544. The molecule has 0 aliphatic heterocycles. The van der Waals surface area contributed by atoms with Gasteiger partial charge in [0, 0.05) is 0 Å². The molecule has 0 saturated heterocycles. The van der Waals surface area contributed by atoms with Crippen molar-refractivity contribution in [2.75, 3.05) is 0 Å². The first-order valence-corrected chi connectivity index (χ1v) is 12.4. The molecule has 0 heterocycles. The largest absolute Gasteiger partial charge is 0.485 e. The van der Waals surface area contributed by atoms with E-state index in [1.807, 2.05) is 13.8 Å². The van der Waals surface area contributed by atoms with E-state index in [9.17, 15) is 0 Å². The zero-order chi connectivity index (χ0) is 9.71. The van der Waals surface area contributed by atoms with Gasteiger partial charge >= 0.3 is 12.5 Å². The lowest BCUT2D eigenvalue weighted by Gasteiger charge is -2.13. The van der Waals surface area contributed by atoms with Gasteiger partial charge in [0.05, 0.1) is 0 Å². The fourth-order valence-electron chi connectivity index (χ4n) is 0.131. The molecule has 0 atom stereocenters. The zero-order valence-electron chi connectivity index (χ0n) is 5.68. The van der Waals surface area contributed by atoms with Crippen LogP contribution in [0, 0.1) is 0 Å². The molecule has 0 amide bonds. The molecule has 0 bridgehead atoms. The predicted molar refractivity (Wildman–Crippen MR) is 59.1 cm³/mol. The van der Waals surface area contributed by atoms with Crippen molar-refractivity contribution in [2.24, 2.45) is 0 Å². The van der Waals surface area contributed by atoms with Crippen LogP contribution in [0.3, 0.4) is 0 Å². The molecule has 0 fully saturated rings. The monoisotopic (exact) mass is 312 g/mol. The lowest BCUT2D eigenvalue weighted by Crippen LogP contribution is -2.29. The molecule has 0 unspecified atom stereocenters. The maximum absolute atomic E-state index is 5.25. The van der Waals surface area contributed by atoms with Gasteiger partial charge in [-0.05, 0) is 0 Å². The third-order valence-electron chi connectivity index (χ3n) is 0.231. The highest BCUT2D eigenvalue weighted by molar-refractivity contribution is 7.69. The van der Waals surface area contributed by atoms with E-state index in [4.69, 9.17) is 66.5 Å². The summed E-state index contributed by atoms with van der Waals surface area (Å²) in [6.07, 6.45) is -6.42. The molecule has 0 rings (SSSR count). The van der Waals surface area contributed by atoms with Gasteiger partial charge in [-0.15, -0.1) is 0 Å². The number of halogens is 6. The number of hydrogen-bond acceptors (Lipinski definition) is 1. The summed E-state index contributed by atoms with van der Waals surface area (Å²) >= 11 is 31.5. The van der Waals surface area contributed by atoms with Gasteiger partial charge in [0.1, 0.15) is 0 Å². The second kappa shape index (κ2) is 6.57. The van der Waals surface area contributed by atoms with Crippen molar-refractivity contribution in [3.05, 3.63) is 0 Å². The van der Waals surface area contributed by atoms with Gasteiger partial charge in [-0.3, -0.25) is 0 Å². The van der Waals surface area contributed by atoms with Crippen LogP contribution in [0.25, 0.3) is 0 Å². The Morgan fingerprint density at radius 1 is 0.727 bits per heavy atom. The second-order valence-corrected chi connectivity index (χ2v) is 16.7. The summed E-state index contributed by atoms with van der Waals surface area (Å²) < 4.78 is 4.50. The average molecular weight is 315 g/mol. The molecule has 1 nitrogen and oxygen atoms in total. The summed E-state index contributed by atoms with van der Waals surface area (Å²) in [7, 11) is 0. The Kier molecular flexibility index (Phi) is 9.31. The van der Waals surface area contributed by atoms with Gasteiger partial charge in [0.25, 0.3) is 0 Å². The second-order valence-electron chi connectivity index (χ2n) is 0.994. The van der Waals surface area contributed by atoms with Crippen LogP contribution < -0.4 is 0 Å². The Bertz CT molecular complexity index is 83.7. The van der Waals surface area contributed by atoms with Crippen LogP contribution in [0.5, 0.6) is 0 Å². The SMILES string of the molecule is CC.Cl[Si](Cl)(Cl)O[Si](Cl)(Cl)Cl. The van der Waals surface area contributed by atoms with Gasteiger partial charge in [-0.2, -0.15) is 0 Å². The first-order chi connectivity index (χ1) is 4.71. The summed E-state index contributed by atoms with van der Waals surface area (Å²) in [5, 5.41) is 0. The van der Waals surface area contributed by atoms with Crippen LogP contribution in [0.4, 0.5) is 0 Å². The van der Waals surface area contributed by atoms with Gasteiger partial charge < -0.3 is 4.12 Å². The third kappa shape index (κ3) is 18.8. The van der Waals surface area contributed by atoms with Crippen molar-refractivity contribution in [1.82, 2.24) is 0 Å². The zero-order valence-corrected chi connectivity index (χ0v) is 12.2. The van der Waals surface area contributed by atoms with Crippen molar-refractivity contribution in [3.8, 4) is 0 Å². The summed E-state index contributed by atoms with van der Waals surface area (Å²) in [5.74, 6) is 0. The molecule has 0 aliphatic rings. The van der Waals surface area contributed by atoms with Crippen LogP contribution in [0.15, 0.2) is 0 Å². The fourth-order valence-corrected chi connectivity index (χ4v) is 10.6. The normalized spacial score (nSPS) is 12.0. The van der Waals surface area contributed by atoms with Crippen LogP contribution in [-0.4, -0.2) is 12.5 Å². The predicted octanol–water partition coefficient (Wildman–Crippen LogP) is 4.33. The van der Waals surface area contributed by atoms with E-state index in [-0.39, 0.29) is 0 Å². The van der Waals surface area contributed by atoms with Crippen LogP contribution in [0.1, 0.15) is 13.8 Å². The minimum atomic E-state index is -3.21. The van der Waals surface area contributed by atoms with Crippen molar-refractivity contribution in [3.63, 3.8) is 0 Å². The van der Waals surface area contributed by atoms with Gasteiger partial charge in [-0.25, -0.2) is 0 Å². The van der Waals surface area contributed by atoms with Crippen molar-refractivity contribution in [2.45, 2.75) is 13.8 Å². The smallest absolute Gasteiger partial charge is 0.387 e. The Hall–Kier alpha value is 2.13. The van der Waals surface area contributed by atoms with Gasteiger partial charge in [0.15, 0.2) is 0 Å². The maximum atomic E-state index is 5.25. The standard InChI is InChI=1S/C2H6.Cl6OSi2/c1-2;1-8(2,3)7-9(4,5)6/h1-2H3;. The molecule has 9 heteroatoms. The average Bonchev–Trinajstić information content (AvgIpc) is 1.60. The highest BCUT2D eigenvalue weighted by atomic mass is 35.9. The van der Waals surface area contributed by atoms with Crippen LogP contribution in [-0.2, 0) is 4.12 Å². The van der Waals surface area contributed by atoms with E-state index in [2.05, 4.69) is 4.12 Å². The molecule has 0 aromatic heterocycles. The Morgan fingerprint density at radius 2 is 0.909 bits per heavy atom. The molecule has 0 radical (unpaired) electrons. The van der Waals surface area contributed by atoms with E-state index in [1.165, 1.54) is 0 Å². The van der Waals surface area contributed by atoms with Gasteiger partial charge in [-0.1, -0.05) is 80.3 Å². The molecule has 70 valence electrons. The number of rotatable bonds is 2. The Morgan fingerprint density at radius 3 is 0.909 bits per heavy atom. The van der Waals surface area contributed by atoms with Gasteiger partial charge in [0.2, 0.25) is 0 Å². The fraction of sp³-hybridized carbons (Fsp3) is 1.00. The Balaban J connectivity index is 0. The molecule has 0 N–H and O–H groups in total. The summed E-state index contributed by atoms with van der Waals surface area (Å²) in [6.45, 7) is 4.00. The highest BCUT2D eigenvalue weighted by Crippen LogP contribution is 2.32. The molecule has 0 aromatic carbocycles. The molecule has 0 spiro atoms. The molecular weight excluding hydrogens is 309 g/mol. The third-order valence-corrected chi connectivity index (χ3v) is 6.25. The first kappa shape index (κ1) is 15.6. The van der Waals surface area contributed by atoms with Crippen LogP contribution >= 0.6 is 66.5 Å². The van der Waals surface area contributed by atoms with E-state index < -0.39 is 12.5 Å². The molecule has 0 aliphatic carbocycles.